The van der Waals surface area contributed by atoms with Crippen molar-refractivity contribution in [2.75, 3.05) is 18.0 Å². The molecule has 2 aromatic heterocycles. The van der Waals surface area contributed by atoms with Gasteiger partial charge >= 0.3 is 6.18 Å². The van der Waals surface area contributed by atoms with Gasteiger partial charge in [-0.05, 0) is 35.9 Å². The molecule has 0 radical (unpaired) electrons. The van der Waals surface area contributed by atoms with Crippen LogP contribution in [-0.2, 0) is 6.18 Å². The van der Waals surface area contributed by atoms with Crippen molar-refractivity contribution < 1.29 is 18.3 Å². The predicted octanol–water partition coefficient (Wildman–Crippen LogP) is 4.23. The fraction of sp³-hybridized carbons (Fsp3) is 0.182. The first-order chi connectivity index (χ1) is 14.4. The molecule has 0 spiro atoms. The highest BCUT2D eigenvalue weighted by atomic mass is 19.4. The third-order valence-corrected chi connectivity index (χ3v) is 5.38. The lowest BCUT2D eigenvalue weighted by molar-refractivity contribution is -0.137. The first-order valence-electron chi connectivity index (χ1n) is 9.32. The fourth-order valence-electron chi connectivity index (χ4n) is 3.86. The summed E-state index contributed by atoms with van der Waals surface area (Å²) in [5.74, 6) is 0.734. The van der Waals surface area contributed by atoms with Crippen molar-refractivity contribution in [3.8, 4) is 17.2 Å². The average molecular weight is 408 g/mol. The molecule has 0 amide bonds. The van der Waals surface area contributed by atoms with Crippen molar-refractivity contribution in [3.05, 3.63) is 65.7 Å². The standard InChI is InChI=1S/C22H15F3N4O/c23-22(24,25)14-7-5-13(6-8-14)16-9-20(28-11-15(30)12-28)29-19-4-2-1-3-18(19)27-21(29)17(16)10-26/h1-9,15,30H,11-12H2. The number of nitrogens with zero attached hydrogens (tertiary/aromatic N) is 4. The van der Waals surface area contributed by atoms with Gasteiger partial charge in [-0.3, -0.25) is 4.40 Å². The quantitative estimate of drug-likeness (QED) is 0.539. The van der Waals surface area contributed by atoms with Crippen LogP contribution in [0, 0.1) is 11.3 Å². The van der Waals surface area contributed by atoms with Crippen molar-refractivity contribution in [1.29, 1.82) is 5.26 Å². The molecule has 5 rings (SSSR count). The maximum absolute atomic E-state index is 13.0. The first-order valence-corrected chi connectivity index (χ1v) is 9.32. The van der Waals surface area contributed by atoms with Crippen LogP contribution in [0.4, 0.5) is 19.0 Å². The van der Waals surface area contributed by atoms with Crippen LogP contribution in [0.5, 0.6) is 0 Å². The summed E-state index contributed by atoms with van der Waals surface area (Å²) in [4.78, 5) is 6.58. The first kappa shape index (κ1) is 18.5. The maximum Gasteiger partial charge on any atom is 0.416 e. The van der Waals surface area contributed by atoms with E-state index in [0.717, 1.165) is 23.5 Å². The van der Waals surface area contributed by atoms with E-state index < -0.39 is 17.8 Å². The van der Waals surface area contributed by atoms with Gasteiger partial charge in [0.2, 0.25) is 0 Å². The van der Waals surface area contributed by atoms with Crippen molar-refractivity contribution in [2.45, 2.75) is 12.3 Å². The van der Waals surface area contributed by atoms with E-state index >= 15 is 0 Å². The number of halogens is 3. The molecule has 150 valence electrons. The molecule has 1 N–H and O–H groups in total. The Labute approximate surface area is 169 Å². The molecule has 0 atom stereocenters. The molecular weight excluding hydrogens is 393 g/mol. The number of aliphatic hydroxyl groups excluding tert-OH is 1. The summed E-state index contributed by atoms with van der Waals surface area (Å²) >= 11 is 0. The summed E-state index contributed by atoms with van der Waals surface area (Å²) in [7, 11) is 0. The van der Waals surface area contributed by atoms with Crippen molar-refractivity contribution in [3.63, 3.8) is 0 Å². The second-order valence-corrected chi connectivity index (χ2v) is 7.30. The van der Waals surface area contributed by atoms with E-state index in [-0.39, 0.29) is 5.56 Å². The van der Waals surface area contributed by atoms with Crippen LogP contribution in [0.1, 0.15) is 11.1 Å². The Morgan fingerprint density at radius 3 is 2.40 bits per heavy atom. The van der Waals surface area contributed by atoms with Crippen molar-refractivity contribution in [2.24, 2.45) is 0 Å². The van der Waals surface area contributed by atoms with Gasteiger partial charge in [-0.15, -0.1) is 0 Å². The highest BCUT2D eigenvalue weighted by Crippen LogP contribution is 2.37. The summed E-state index contributed by atoms with van der Waals surface area (Å²) in [6.45, 7) is 0.861. The number of aliphatic hydroxyl groups is 1. The van der Waals surface area contributed by atoms with Crippen LogP contribution >= 0.6 is 0 Å². The SMILES string of the molecule is N#Cc1c(-c2ccc(C(F)(F)F)cc2)cc(N2CC(O)C2)n2c1nc1ccccc12. The van der Waals surface area contributed by atoms with Crippen LogP contribution in [0.25, 0.3) is 27.8 Å². The van der Waals surface area contributed by atoms with E-state index in [4.69, 9.17) is 0 Å². The molecule has 30 heavy (non-hydrogen) atoms. The van der Waals surface area contributed by atoms with Crippen LogP contribution in [0.15, 0.2) is 54.6 Å². The lowest BCUT2D eigenvalue weighted by atomic mass is 9.99. The minimum Gasteiger partial charge on any atom is -0.389 e. The number of rotatable bonds is 2. The monoisotopic (exact) mass is 408 g/mol. The number of hydrogen-bond acceptors (Lipinski definition) is 4. The zero-order valence-electron chi connectivity index (χ0n) is 15.6. The number of anilines is 1. The molecule has 2 aromatic carbocycles. The van der Waals surface area contributed by atoms with Crippen LogP contribution in [0.2, 0.25) is 0 Å². The van der Waals surface area contributed by atoms with Gasteiger partial charge in [0.1, 0.15) is 17.5 Å². The molecule has 0 bridgehead atoms. The minimum atomic E-state index is -4.43. The number of alkyl halides is 3. The average Bonchev–Trinajstić information content (AvgIpc) is 3.09. The molecule has 0 aliphatic carbocycles. The van der Waals surface area contributed by atoms with Gasteiger partial charge < -0.3 is 10.0 Å². The zero-order valence-corrected chi connectivity index (χ0v) is 15.6. The second-order valence-electron chi connectivity index (χ2n) is 7.30. The summed E-state index contributed by atoms with van der Waals surface area (Å²) in [6.07, 6.45) is -4.87. The number of pyridine rings is 1. The summed E-state index contributed by atoms with van der Waals surface area (Å²) in [6, 6.07) is 16.2. The molecule has 0 unspecified atom stereocenters. The zero-order chi connectivity index (χ0) is 21.0. The third-order valence-electron chi connectivity index (χ3n) is 5.38. The summed E-state index contributed by atoms with van der Waals surface area (Å²) < 4.78 is 40.7. The van der Waals surface area contributed by atoms with E-state index in [9.17, 15) is 23.5 Å². The highest BCUT2D eigenvalue weighted by molar-refractivity contribution is 5.89. The second kappa shape index (κ2) is 6.47. The van der Waals surface area contributed by atoms with E-state index in [1.54, 1.807) is 6.07 Å². The number of fused-ring (bicyclic) bond motifs is 3. The molecule has 1 aliphatic heterocycles. The van der Waals surface area contributed by atoms with Crippen molar-refractivity contribution >= 4 is 22.5 Å². The van der Waals surface area contributed by atoms with Crippen LogP contribution in [0.3, 0.4) is 0 Å². The molecular formula is C22H15F3N4O. The lowest BCUT2D eigenvalue weighted by Gasteiger charge is -2.38. The van der Waals surface area contributed by atoms with E-state index in [2.05, 4.69) is 11.1 Å². The van der Waals surface area contributed by atoms with Crippen LogP contribution in [-0.4, -0.2) is 33.7 Å². The molecule has 1 aliphatic rings. The van der Waals surface area contributed by atoms with Crippen molar-refractivity contribution in [1.82, 2.24) is 9.38 Å². The van der Waals surface area contributed by atoms with Gasteiger partial charge in [-0.2, -0.15) is 18.4 Å². The van der Waals surface area contributed by atoms with Crippen LogP contribution < -0.4 is 4.90 Å². The van der Waals surface area contributed by atoms with Gasteiger partial charge in [-0.1, -0.05) is 24.3 Å². The molecule has 5 nitrogen and oxygen atoms in total. The number of nitriles is 1. The number of para-hydroxylation sites is 2. The largest absolute Gasteiger partial charge is 0.416 e. The normalized spacial score (nSPS) is 14.8. The van der Waals surface area contributed by atoms with Gasteiger partial charge in [0.25, 0.3) is 0 Å². The Morgan fingerprint density at radius 2 is 1.77 bits per heavy atom. The molecule has 4 aromatic rings. The molecule has 3 heterocycles. The smallest absolute Gasteiger partial charge is 0.389 e. The van der Waals surface area contributed by atoms with Gasteiger partial charge in [0.05, 0.1) is 22.7 Å². The Hall–Kier alpha value is -3.57. The number of benzene rings is 2. The molecule has 0 saturated carbocycles. The predicted molar refractivity (Wildman–Crippen MR) is 106 cm³/mol. The van der Waals surface area contributed by atoms with Gasteiger partial charge in [0.15, 0.2) is 5.65 Å². The third kappa shape index (κ3) is 2.78. The van der Waals surface area contributed by atoms with Gasteiger partial charge in [0, 0.05) is 18.7 Å². The Morgan fingerprint density at radius 1 is 1.07 bits per heavy atom. The Bertz CT molecular complexity index is 1310. The topological polar surface area (TPSA) is 64.6 Å². The molecule has 1 saturated heterocycles. The van der Waals surface area contributed by atoms with E-state index in [0.29, 0.717) is 35.4 Å². The van der Waals surface area contributed by atoms with E-state index in [1.807, 2.05) is 33.6 Å². The minimum absolute atomic E-state index is 0.288. The maximum atomic E-state index is 13.0. The number of imidazole rings is 1. The number of aromatic nitrogens is 2. The molecule has 1 fully saturated rings. The Kier molecular flexibility index (Phi) is 3.98. The fourth-order valence-corrected chi connectivity index (χ4v) is 3.86. The number of hydrogen-bond donors (Lipinski definition) is 1. The van der Waals surface area contributed by atoms with E-state index in [1.165, 1.54) is 12.1 Å². The summed E-state index contributed by atoms with van der Waals surface area (Å²) in [5, 5.41) is 19.7. The van der Waals surface area contributed by atoms with Gasteiger partial charge in [-0.25, -0.2) is 4.98 Å². The number of β-amino-alcohol motifs (C(OH)–C–C–N with tert-alkyl or cyclic N) is 1. The molecule has 8 heteroatoms. The lowest BCUT2D eigenvalue weighted by Crippen LogP contribution is -2.51. The summed E-state index contributed by atoms with van der Waals surface area (Å²) in [5.41, 5.74) is 2.51. The highest BCUT2D eigenvalue weighted by Gasteiger charge is 2.31. The Balaban J connectivity index is 1.78.